The van der Waals surface area contributed by atoms with Crippen molar-refractivity contribution in [2.24, 2.45) is 0 Å². The molecule has 5 nitrogen and oxygen atoms in total. The van der Waals surface area contributed by atoms with Gasteiger partial charge in [0.05, 0.1) is 17.8 Å². The normalized spacial score (nSPS) is 24.1. The van der Waals surface area contributed by atoms with Gasteiger partial charge in [0.1, 0.15) is 4.90 Å². The lowest BCUT2D eigenvalue weighted by atomic mass is 10.2. The van der Waals surface area contributed by atoms with Crippen LogP contribution in [0.2, 0.25) is 0 Å². The molecule has 2 rings (SSSR count). The van der Waals surface area contributed by atoms with E-state index in [2.05, 4.69) is 10.0 Å². The van der Waals surface area contributed by atoms with E-state index < -0.39 is 10.0 Å². The second kappa shape index (κ2) is 5.26. The summed E-state index contributed by atoms with van der Waals surface area (Å²) in [6.45, 7) is 2.48. The van der Waals surface area contributed by atoms with Crippen molar-refractivity contribution >= 4 is 15.7 Å². The summed E-state index contributed by atoms with van der Waals surface area (Å²) in [5.74, 6) is 0. The van der Waals surface area contributed by atoms with E-state index in [1.165, 1.54) is 0 Å². The summed E-state index contributed by atoms with van der Waals surface area (Å²) in [6, 6.07) is 6.69. The molecule has 1 aromatic rings. The van der Waals surface area contributed by atoms with Crippen LogP contribution in [0.5, 0.6) is 0 Å². The molecule has 6 heteroatoms. The Morgan fingerprint density at radius 3 is 2.67 bits per heavy atom. The quantitative estimate of drug-likeness (QED) is 0.862. The molecule has 0 spiro atoms. The van der Waals surface area contributed by atoms with Crippen molar-refractivity contribution < 1.29 is 13.2 Å². The molecule has 1 aliphatic rings. The summed E-state index contributed by atoms with van der Waals surface area (Å²) in [7, 11) is -1.81. The van der Waals surface area contributed by atoms with Gasteiger partial charge in [0, 0.05) is 13.7 Å². The molecule has 2 atom stereocenters. The van der Waals surface area contributed by atoms with E-state index in [1.807, 2.05) is 6.92 Å². The zero-order valence-electron chi connectivity index (χ0n) is 10.5. The van der Waals surface area contributed by atoms with Gasteiger partial charge in [-0.2, -0.15) is 0 Å². The van der Waals surface area contributed by atoms with Crippen LogP contribution in [-0.4, -0.2) is 34.2 Å². The fraction of sp³-hybridized carbons (Fsp3) is 0.500. The summed E-state index contributed by atoms with van der Waals surface area (Å²) in [5.41, 5.74) is 0.594. The highest BCUT2D eigenvalue weighted by atomic mass is 32.2. The van der Waals surface area contributed by atoms with Gasteiger partial charge < -0.3 is 10.1 Å². The number of hydrogen-bond acceptors (Lipinski definition) is 4. The van der Waals surface area contributed by atoms with Crippen molar-refractivity contribution in [3.63, 3.8) is 0 Å². The second-order valence-corrected chi connectivity index (χ2v) is 6.02. The zero-order chi connectivity index (χ0) is 13.2. The Bertz CT molecular complexity index is 516. The maximum absolute atomic E-state index is 12.3. The van der Waals surface area contributed by atoms with Crippen molar-refractivity contribution in [3.05, 3.63) is 24.3 Å². The van der Waals surface area contributed by atoms with Gasteiger partial charge in [0.25, 0.3) is 0 Å². The Morgan fingerprint density at radius 2 is 2.06 bits per heavy atom. The van der Waals surface area contributed by atoms with Gasteiger partial charge in [-0.25, -0.2) is 13.1 Å². The Morgan fingerprint density at radius 1 is 1.33 bits per heavy atom. The van der Waals surface area contributed by atoms with Crippen LogP contribution < -0.4 is 10.0 Å². The average Bonchev–Trinajstić information content (AvgIpc) is 2.74. The Hall–Kier alpha value is -1.11. The molecule has 1 fully saturated rings. The van der Waals surface area contributed by atoms with Gasteiger partial charge in [0.15, 0.2) is 0 Å². The molecule has 1 saturated heterocycles. The number of rotatable bonds is 4. The number of anilines is 1. The molecular weight excluding hydrogens is 252 g/mol. The van der Waals surface area contributed by atoms with Gasteiger partial charge in [-0.1, -0.05) is 12.1 Å². The predicted molar refractivity (Wildman–Crippen MR) is 70.1 cm³/mol. The molecule has 0 radical (unpaired) electrons. The van der Waals surface area contributed by atoms with Crippen LogP contribution in [0.15, 0.2) is 29.2 Å². The summed E-state index contributed by atoms with van der Waals surface area (Å²) in [5, 5.41) is 2.89. The fourth-order valence-electron chi connectivity index (χ4n) is 2.06. The van der Waals surface area contributed by atoms with E-state index in [4.69, 9.17) is 4.74 Å². The fourth-order valence-corrected chi connectivity index (χ4v) is 3.61. The molecular formula is C12H18N2O3S. The first-order valence-electron chi connectivity index (χ1n) is 5.95. The largest absolute Gasteiger partial charge is 0.387 e. The molecule has 0 bridgehead atoms. The van der Waals surface area contributed by atoms with Gasteiger partial charge in [-0.3, -0.25) is 0 Å². The van der Waals surface area contributed by atoms with Crippen LogP contribution in [0.3, 0.4) is 0 Å². The SMILES string of the molecule is CNc1ccccc1S(=O)(=O)NC1CCOC1C. The number of ether oxygens (including phenoxy) is 1. The first-order chi connectivity index (χ1) is 8.54. The maximum atomic E-state index is 12.3. The molecule has 0 aromatic heterocycles. The molecule has 0 saturated carbocycles. The van der Waals surface area contributed by atoms with Crippen molar-refractivity contribution in [2.45, 2.75) is 30.4 Å². The molecule has 18 heavy (non-hydrogen) atoms. The summed E-state index contributed by atoms with van der Waals surface area (Å²) < 4.78 is 32.7. The highest BCUT2D eigenvalue weighted by molar-refractivity contribution is 7.89. The lowest BCUT2D eigenvalue weighted by molar-refractivity contribution is 0.117. The van der Waals surface area contributed by atoms with Gasteiger partial charge in [-0.15, -0.1) is 0 Å². The Labute approximate surface area is 108 Å². The smallest absolute Gasteiger partial charge is 0.242 e. The van der Waals surface area contributed by atoms with E-state index in [9.17, 15) is 8.42 Å². The van der Waals surface area contributed by atoms with Crippen molar-refractivity contribution in [1.29, 1.82) is 0 Å². The maximum Gasteiger partial charge on any atom is 0.242 e. The summed E-state index contributed by atoms with van der Waals surface area (Å²) >= 11 is 0. The third-order valence-electron chi connectivity index (χ3n) is 3.13. The Kier molecular flexibility index (Phi) is 3.89. The van der Waals surface area contributed by atoms with Crippen LogP contribution in [0, 0.1) is 0 Å². The van der Waals surface area contributed by atoms with E-state index in [0.29, 0.717) is 18.7 Å². The van der Waals surface area contributed by atoms with E-state index in [0.717, 1.165) is 0 Å². The molecule has 1 heterocycles. The first kappa shape index (κ1) is 13.3. The van der Waals surface area contributed by atoms with Gasteiger partial charge in [-0.05, 0) is 25.5 Å². The minimum Gasteiger partial charge on any atom is -0.387 e. The number of hydrogen-bond donors (Lipinski definition) is 2. The third-order valence-corrected chi connectivity index (χ3v) is 4.68. The topological polar surface area (TPSA) is 67.4 Å². The van der Waals surface area contributed by atoms with Crippen LogP contribution in [0.4, 0.5) is 5.69 Å². The van der Waals surface area contributed by atoms with Crippen molar-refractivity contribution in [2.75, 3.05) is 19.0 Å². The second-order valence-electron chi connectivity index (χ2n) is 4.34. The molecule has 2 N–H and O–H groups in total. The molecule has 1 aliphatic heterocycles. The summed E-state index contributed by atoms with van der Waals surface area (Å²) in [6.07, 6.45) is 0.629. The molecule has 0 aliphatic carbocycles. The predicted octanol–water partition coefficient (Wildman–Crippen LogP) is 1.18. The standard InChI is InChI=1S/C12H18N2O3S/c1-9-10(7-8-17-9)14-18(15,16)12-6-4-3-5-11(12)13-2/h3-6,9-10,13-14H,7-8H2,1-2H3. The third kappa shape index (κ3) is 2.66. The number of para-hydroxylation sites is 1. The van der Waals surface area contributed by atoms with Crippen LogP contribution >= 0.6 is 0 Å². The number of nitrogens with one attached hydrogen (secondary N) is 2. The Balaban J connectivity index is 2.25. The molecule has 1 aromatic carbocycles. The zero-order valence-corrected chi connectivity index (χ0v) is 11.3. The van der Waals surface area contributed by atoms with Gasteiger partial charge in [0.2, 0.25) is 10.0 Å². The first-order valence-corrected chi connectivity index (χ1v) is 7.43. The van der Waals surface area contributed by atoms with Gasteiger partial charge >= 0.3 is 0 Å². The molecule has 0 amide bonds. The molecule has 2 unspecified atom stereocenters. The highest BCUT2D eigenvalue weighted by Crippen LogP contribution is 2.22. The van der Waals surface area contributed by atoms with Crippen LogP contribution in [-0.2, 0) is 14.8 Å². The lowest BCUT2D eigenvalue weighted by Gasteiger charge is -2.17. The van der Waals surface area contributed by atoms with Crippen molar-refractivity contribution in [1.82, 2.24) is 4.72 Å². The number of benzene rings is 1. The minimum absolute atomic E-state index is 0.0819. The summed E-state index contributed by atoms with van der Waals surface area (Å²) in [4.78, 5) is 0.270. The molecule has 100 valence electrons. The van der Waals surface area contributed by atoms with Crippen molar-refractivity contribution in [3.8, 4) is 0 Å². The van der Waals surface area contributed by atoms with E-state index in [-0.39, 0.29) is 17.0 Å². The van der Waals surface area contributed by atoms with E-state index in [1.54, 1.807) is 31.3 Å². The average molecular weight is 270 g/mol. The number of sulfonamides is 1. The lowest BCUT2D eigenvalue weighted by Crippen LogP contribution is -2.39. The highest BCUT2D eigenvalue weighted by Gasteiger charge is 2.29. The minimum atomic E-state index is -3.51. The monoisotopic (exact) mass is 270 g/mol. The van der Waals surface area contributed by atoms with E-state index >= 15 is 0 Å². The van der Waals surface area contributed by atoms with Crippen LogP contribution in [0.1, 0.15) is 13.3 Å². The van der Waals surface area contributed by atoms with Crippen LogP contribution in [0.25, 0.3) is 0 Å².